The van der Waals surface area contributed by atoms with Crippen molar-refractivity contribution < 1.29 is 8.78 Å². The van der Waals surface area contributed by atoms with E-state index in [0.717, 1.165) is 11.0 Å². The van der Waals surface area contributed by atoms with Gasteiger partial charge in [0.2, 0.25) is 0 Å². The summed E-state index contributed by atoms with van der Waals surface area (Å²) in [5.74, 6) is 0.826. The highest BCUT2D eigenvalue weighted by atomic mass is 127. The van der Waals surface area contributed by atoms with Crippen LogP contribution in [0.3, 0.4) is 0 Å². The molecule has 0 unspecified atom stereocenters. The molecule has 28 heavy (non-hydrogen) atoms. The van der Waals surface area contributed by atoms with Gasteiger partial charge in [0.25, 0.3) is 0 Å². The maximum Gasteiger partial charge on any atom is 0.319 e. The normalized spacial score (nSPS) is 12.0. The predicted octanol–water partition coefficient (Wildman–Crippen LogP) is 4.49. The number of nitrogens with zero attached hydrogens (tertiary/aromatic N) is 3. The summed E-state index contributed by atoms with van der Waals surface area (Å²) in [6.07, 6.45) is 3.47. The van der Waals surface area contributed by atoms with E-state index in [1.165, 1.54) is 23.5 Å². The maximum absolute atomic E-state index is 12.9. The highest BCUT2D eigenvalue weighted by molar-refractivity contribution is 14.0. The number of hydrogen-bond donors (Lipinski definition) is 2. The molecule has 1 aromatic heterocycles. The second kappa shape index (κ2) is 11.3. The number of halogens is 3. The average Bonchev–Trinajstić information content (AvgIpc) is 3.08. The molecule has 0 atom stereocenters. The third kappa shape index (κ3) is 7.37. The fourth-order valence-corrected chi connectivity index (χ4v) is 2.63. The molecule has 0 bridgehead atoms. The highest BCUT2D eigenvalue weighted by Crippen LogP contribution is 2.22. The van der Waals surface area contributed by atoms with Crippen LogP contribution in [0.25, 0.3) is 0 Å². The van der Waals surface area contributed by atoms with E-state index in [2.05, 4.69) is 65.6 Å². The Morgan fingerprint density at radius 2 is 1.86 bits per heavy atom. The number of aliphatic imine (C=N–C) groups is 1. The van der Waals surface area contributed by atoms with Crippen LogP contribution in [0.15, 0.2) is 41.7 Å². The van der Waals surface area contributed by atoms with Crippen LogP contribution in [0.5, 0.6) is 0 Å². The molecule has 2 N–H and O–H groups in total. The lowest BCUT2D eigenvalue weighted by atomic mass is 9.86. The quantitative estimate of drug-likeness (QED) is 0.331. The SMILES string of the molecule is CCNC(=NCc1nccn1C(F)F)NCCc1ccc(C(C)(C)C)cc1.I. The molecule has 0 spiro atoms. The van der Waals surface area contributed by atoms with Crippen LogP contribution in [-0.4, -0.2) is 28.6 Å². The molecule has 0 saturated heterocycles. The third-order valence-corrected chi connectivity index (χ3v) is 4.21. The minimum atomic E-state index is -2.61. The molecule has 0 fully saturated rings. The Kier molecular flexibility index (Phi) is 9.84. The van der Waals surface area contributed by atoms with Gasteiger partial charge < -0.3 is 10.6 Å². The van der Waals surface area contributed by atoms with E-state index in [-0.39, 0.29) is 41.8 Å². The van der Waals surface area contributed by atoms with Gasteiger partial charge in [-0.25, -0.2) is 9.98 Å². The summed E-state index contributed by atoms with van der Waals surface area (Å²) < 4.78 is 26.6. The van der Waals surface area contributed by atoms with Crippen LogP contribution in [0.4, 0.5) is 8.78 Å². The molecule has 0 saturated carbocycles. The van der Waals surface area contributed by atoms with Crippen LogP contribution < -0.4 is 10.6 Å². The van der Waals surface area contributed by atoms with Gasteiger partial charge in [0.15, 0.2) is 5.96 Å². The van der Waals surface area contributed by atoms with Crippen molar-refractivity contribution in [2.75, 3.05) is 13.1 Å². The molecular weight excluding hydrogens is 475 g/mol. The molecule has 1 heterocycles. The molecule has 0 aliphatic rings. The molecule has 5 nitrogen and oxygen atoms in total. The second-order valence-corrected chi connectivity index (χ2v) is 7.35. The summed E-state index contributed by atoms with van der Waals surface area (Å²) >= 11 is 0. The topological polar surface area (TPSA) is 54.2 Å². The van der Waals surface area contributed by atoms with E-state index in [1.54, 1.807) is 0 Å². The first kappa shape index (κ1) is 24.3. The van der Waals surface area contributed by atoms with E-state index in [4.69, 9.17) is 0 Å². The first-order valence-electron chi connectivity index (χ1n) is 9.22. The van der Waals surface area contributed by atoms with Gasteiger partial charge in [0.1, 0.15) is 12.4 Å². The third-order valence-electron chi connectivity index (χ3n) is 4.21. The van der Waals surface area contributed by atoms with Crippen molar-refractivity contribution in [3.8, 4) is 0 Å². The van der Waals surface area contributed by atoms with Gasteiger partial charge in [0, 0.05) is 25.5 Å². The summed E-state index contributed by atoms with van der Waals surface area (Å²) in [6, 6.07) is 8.62. The van der Waals surface area contributed by atoms with Crippen LogP contribution in [0.1, 0.15) is 51.2 Å². The summed E-state index contributed by atoms with van der Waals surface area (Å²) in [5, 5.41) is 6.36. The van der Waals surface area contributed by atoms with Gasteiger partial charge in [-0.3, -0.25) is 4.57 Å². The van der Waals surface area contributed by atoms with E-state index in [1.807, 2.05) is 6.92 Å². The van der Waals surface area contributed by atoms with Crippen molar-refractivity contribution in [1.29, 1.82) is 0 Å². The Morgan fingerprint density at radius 1 is 1.18 bits per heavy atom. The van der Waals surface area contributed by atoms with Gasteiger partial charge in [0.05, 0.1) is 0 Å². The summed E-state index contributed by atoms with van der Waals surface area (Å²) in [5.41, 5.74) is 2.69. The van der Waals surface area contributed by atoms with Gasteiger partial charge in [-0.2, -0.15) is 8.78 Å². The van der Waals surface area contributed by atoms with Crippen LogP contribution in [0, 0.1) is 0 Å². The van der Waals surface area contributed by atoms with Gasteiger partial charge in [-0.05, 0) is 29.9 Å². The zero-order valence-electron chi connectivity index (χ0n) is 16.9. The first-order chi connectivity index (χ1) is 12.8. The Morgan fingerprint density at radius 3 is 2.43 bits per heavy atom. The number of rotatable bonds is 7. The standard InChI is InChI=1S/C20H29F2N5.HI/c1-5-23-19(26-14-17-24-12-13-27(17)18(21)22)25-11-10-15-6-8-16(9-7-15)20(2,3)4;/h6-9,12-13,18H,5,10-11,14H2,1-4H3,(H2,23,25,26);1H. The van der Waals surface area contributed by atoms with E-state index in [0.29, 0.717) is 19.0 Å². The number of alkyl halides is 2. The fraction of sp³-hybridized carbons (Fsp3) is 0.500. The Hall–Kier alpha value is -1.71. The largest absolute Gasteiger partial charge is 0.357 e. The fourth-order valence-electron chi connectivity index (χ4n) is 2.63. The Balaban J connectivity index is 0.00000392. The highest BCUT2D eigenvalue weighted by Gasteiger charge is 2.13. The molecule has 0 amide bonds. The zero-order chi connectivity index (χ0) is 19.9. The summed E-state index contributed by atoms with van der Waals surface area (Å²) in [7, 11) is 0. The number of guanidine groups is 1. The minimum absolute atomic E-state index is 0. The average molecular weight is 505 g/mol. The number of imidazole rings is 1. The van der Waals surface area contributed by atoms with Crippen LogP contribution >= 0.6 is 24.0 Å². The molecule has 1 aromatic carbocycles. The predicted molar refractivity (Wildman–Crippen MR) is 121 cm³/mol. The van der Waals surface area contributed by atoms with Crippen molar-refractivity contribution in [1.82, 2.24) is 20.2 Å². The number of aromatic nitrogens is 2. The van der Waals surface area contributed by atoms with Crippen molar-refractivity contribution in [3.63, 3.8) is 0 Å². The molecule has 156 valence electrons. The van der Waals surface area contributed by atoms with E-state index < -0.39 is 6.55 Å². The first-order valence-corrected chi connectivity index (χ1v) is 9.22. The smallest absolute Gasteiger partial charge is 0.319 e. The lowest BCUT2D eigenvalue weighted by Gasteiger charge is -2.19. The monoisotopic (exact) mass is 505 g/mol. The van der Waals surface area contributed by atoms with Gasteiger partial charge in [-0.1, -0.05) is 45.0 Å². The number of nitrogens with one attached hydrogen (secondary N) is 2. The molecule has 0 radical (unpaired) electrons. The summed E-state index contributed by atoms with van der Waals surface area (Å²) in [4.78, 5) is 8.30. The van der Waals surface area contributed by atoms with E-state index in [9.17, 15) is 8.78 Å². The van der Waals surface area contributed by atoms with Crippen molar-refractivity contribution in [3.05, 3.63) is 53.6 Å². The lowest BCUT2D eigenvalue weighted by molar-refractivity contribution is 0.0671. The minimum Gasteiger partial charge on any atom is -0.357 e. The van der Waals surface area contributed by atoms with Crippen LogP contribution in [-0.2, 0) is 18.4 Å². The molecule has 8 heteroatoms. The molecule has 2 rings (SSSR count). The van der Waals surface area contributed by atoms with Gasteiger partial charge in [-0.15, -0.1) is 24.0 Å². The Bertz CT molecular complexity index is 736. The second-order valence-electron chi connectivity index (χ2n) is 7.35. The summed E-state index contributed by atoms with van der Waals surface area (Å²) in [6.45, 7) is 7.42. The molecule has 0 aliphatic carbocycles. The van der Waals surface area contributed by atoms with Crippen molar-refractivity contribution in [2.24, 2.45) is 4.99 Å². The maximum atomic E-state index is 12.9. The van der Waals surface area contributed by atoms with Crippen molar-refractivity contribution >= 4 is 29.9 Å². The van der Waals surface area contributed by atoms with Gasteiger partial charge >= 0.3 is 6.55 Å². The van der Waals surface area contributed by atoms with E-state index >= 15 is 0 Å². The number of hydrogen-bond acceptors (Lipinski definition) is 2. The molecule has 2 aromatic rings. The Labute approximate surface area is 183 Å². The van der Waals surface area contributed by atoms with Crippen molar-refractivity contribution in [2.45, 2.75) is 52.6 Å². The van der Waals surface area contributed by atoms with Crippen LogP contribution in [0.2, 0.25) is 0 Å². The lowest BCUT2D eigenvalue weighted by Crippen LogP contribution is -2.38. The zero-order valence-corrected chi connectivity index (χ0v) is 19.2. The molecular formula is C20H30F2IN5. The number of benzene rings is 1. The molecule has 0 aliphatic heterocycles.